The highest BCUT2D eigenvalue weighted by atomic mass is 19.1. The Morgan fingerprint density at radius 2 is 1.75 bits per heavy atom. The van der Waals surface area contributed by atoms with Crippen molar-refractivity contribution in [2.75, 3.05) is 38.6 Å². The van der Waals surface area contributed by atoms with E-state index in [1.54, 1.807) is 47.4 Å². The minimum Gasteiger partial charge on any atom is -0.453 e. The van der Waals surface area contributed by atoms with E-state index in [0.717, 1.165) is 0 Å². The summed E-state index contributed by atoms with van der Waals surface area (Å²) in [5, 5.41) is 2.44. The van der Waals surface area contributed by atoms with E-state index in [2.05, 4.69) is 5.32 Å². The summed E-state index contributed by atoms with van der Waals surface area (Å²) >= 11 is 0. The van der Waals surface area contributed by atoms with Gasteiger partial charge in [-0.1, -0.05) is 30.3 Å². The van der Waals surface area contributed by atoms with Crippen molar-refractivity contribution in [2.45, 2.75) is 6.54 Å². The van der Waals surface area contributed by atoms with Crippen LogP contribution >= 0.6 is 0 Å². The molecule has 0 bridgehead atoms. The second-order valence-corrected chi connectivity index (χ2v) is 6.34. The van der Waals surface area contributed by atoms with Crippen LogP contribution in [0.25, 0.3) is 0 Å². The van der Waals surface area contributed by atoms with Crippen molar-refractivity contribution in [1.29, 1.82) is 0 Å². The van der Waals surface area contributed by atoms with Gasteiger partial charge in [0.1, 0.15) is 5.75 Å². The molecular weight excluding hydrogens is 365 g/mol. The lowest BCUT2D eigenvalue weighted by atomic mass is 10.1. The van der Waals surface area contributed by atoms with Gasteiger partial charge in [-0.15, -0.1) is 0 Å². The Morgan fingerprint density at radius 3 is 2.43 bits per heavy atom. The van der Waals surface area contributed by atoms with Gasteiger partial charge >= 0.3 is 12.2 Å². The first kappa shape index (κ1) is 19.6. The number of ether oxygens (including phenoxy) is 2. The van der Waals surface area contributed by atoms with Crippen LogP contribution in [0.3, 0.4) is 0 Å². The summed E-state index contributed by atoms with van der Waals surface area (Å²) in [5.41, 5.74) is 0.524. The molecule has 148 valence electrons. The summed E-state index contributed by atoms with van der Waals surface area (Å²) in [7, 11) is 1.35. The molecule has 1 saturated heterocycles. The van der Waals surface area contributed by atoms with E-state index < -0.39 is 11.9 Å². The van der Waals surface area contributed by atoms with Gasteiger partial charge in [-0.2, -0.15) is 0 Å². The first-order valence-corrected chi connectivity index (χ1v) is 8.93. The molecule has 0 atom stereocenters. The van der Waals surface area contributed by atoms with Crippen LogP contribution in [0, 0.1) is 5.82 Å². The molecular formula is C20H22FN3O4. The quantitative estimate of drug-likeness (QED) is 0.872. The number of benzene rings is 2. The van der Waals surface area contributed by atoms with Crippen molar-refractivity contribution >= 4 is 17.9 Å². The lowest BCUT2D eigenvalue weighted by molar-refractivity contribution is 0.0885. The zero-order valence-electron chi connectivity index (χ0n) is 15.6. The van der Waals surface area contributed by atoms with Crippen LogP contribution in [0.5, 0.6) is 5.75 Å². The largest absolute Gasteiger partial charge is 0.453 e. The van der Waals surface area contributed by atoms with Crippen molar-refractivity contribution in [1.82, 2.24) is 9.80 Å². The summed E-state index contributed by atoms with van der Waals surface area (Å²) in [6.07, 6.45) is -1.11. The number of para-hydroxylation sites is 1. The standard InChI is InChI=1S/C20H22FN3O4/c1-27-20(26)24-12-10-23(11-13-24)14-15-6-5-9-17(18(15)21)22-19(25)28-16-7-3-2-4-8-16/h2-9H,10-14H2,1H3,(H,22,25). The number of amides is 2. The molecule has 0 saturated carbocycles. The number of nitrogens with one attached hydrogen (secondary N) is 1. The molecule has 1 heterocycles. The monoisotopic (exact) mass is 387 g/mol. The molecule has 0 aliphatic carbocycles. The summed E-state index contributed by atoms with van der Waals surface area (Å²) in [5.74, 6) is -0.122. The molecule has 0 aromatic heterocycles. The van der Waals surface area contributed by atoms with E-state index in [0.29, 0.717) is 44.0 Å². The molecule has 1 aliphatic rings. The van der Waals surface area contributed by atoms with Gasteiger partial charge in [0.2, 0.25) is 0 Å². The fourth-order valence-electron chi connectivity index (χ4n) is 2.99. The molecule has 2 amide bonds. The maximum absolute atomic E-state index is 14.8. The van der Waals surface area contributed by atoms with Crippen molar-refractivity contribution in [3.05, 3.63) is 59.9 Å². The number of carbonyl (C=O) groups excluding carboxylic acids is 2. The van der Waals surface area contributed by atoms with Crippen molar-refractivity contribution in [3.8, 4) is 5.75 Å². The lowest BCUT2D eigenvalue weighted by Gasteiger charge is -2.33. The SMILES string of the molecule is COC(=O)N1CCN(Cc2cccc(NC(=O)Oc3ccccc3)c2F)CC1. The highest BCUT2D eigenvalue weighted by Gasteiger charge is 2.22. The Morgan fingerprint density at radius 1 is 1.04 bits per heavy atom. The van der Waals surface area contributed by atoms with Crippen LogP contribution in [0.15, 0.2) is 48.5 Å². The van der Waals surface area contributed by atoms with Gasteiger partial charge in [0.05, 0.1) is 12.8 Å². The number of hydrogen-bond acceptors (Lipinski definition) is 5. The topological polar surface area (TPSA) is 71.1 Å². The molecule has 3 rings (SSSR count). The van der Waals surface area contributed by atoms with E-state index in [9.17, 15) is 14.0 Å². The molecule has 28 heavy (non-hydrogen) atoms. The second-order valence-electron chi connectivity index (χ2n) is 6.34. The van der Waals surface area contributed by atoms with Gasteiger partial charge in [-0.05, 0) is 18.2 Å². The van der Waals surface area contributed by atoms with Crippen molar-refractivity contribution < 1.29 is 23.5 Å². The van der Waals surface area contributed by atoms with Gasteiger partial charge < -0.3 is 14.4 Å². The third-order valence-corrected chi connectivity index (χ3v) is 4.47. The first-order chi connectivity index (χ1) is 13.6. The first-order valence-electron chi connectivity index (χ1n) is 8.93. The van der Waals surface area contributed by atoms with Gasteiger partial charge in [0.25, 0.3) is 0 Å². The van der Waals surface area contributed by atoms with E-state index >= 15 is 0 Å². The van der Waals surface area contributed by atoms with Gasteiger partial charge in [0.15, 0.2) is 5.82 Å². The van der Waals surface area contributed by atoms with Crippen LogP contribution in [0.1, 0.15) is 5.56 Å². The minimum atomic E-state index is -0.756. The molecule has 0 unspecified atom stereocenters. The maximum Gasteiger partial charge on any atom is 0.417 e. The smallest absolute Gasteiger partial charge is 0.417 e. The Balaban J connectivity index is 1.59. The number of carbonyl (C=O) groups is 2. The van der Waals surface area contributed by atoms with Crippen molar-refractivity contribution in [3.63, 3.8) is 0 Å². The number of methoxy groups -OCH3 is 1. The molecule has 1 aliphatic heterocycles. The zero-order chi connectivity index (χ0) is 19.9. The maximum atomic E-state index is 14.8. The van der Waals surface area contributed by atoms with Crippen LogP contribution < -0.4 is 10.1 Å². The molecule has 2 aromatic rings. The Labute approximate surface area is 162 Å². The summed E-state index contributed by atoms with van der Waals surface area (Å²) < 4.78 is 24.7. The summed E-state index contributed by atoms with van der Waals surface area (Å²) in [6, 6.07) is 13.4. The molecule has 2 aromatic carbocycles. The van der Waals surface area contributed by atoms with Crippen LogP contribution in [0.2, 0.25) is 0 Å². The van der Waals surface area contributed by atoms with E-state index in [4.69, 9.17) is 9.47 Å². The zero-order valence-corrected chi connectivity index (χ0v) is 15.6. The molecule has 1 fully saturated rings. The van der Waals surface area contributed by atoms with Gasteiger partial charge in [0, 0.05) is 38.3 Å². The number of anilines is 1. The number of nitrogens with zero attached hydrogens (tertiary/aromatic N) is 2. The van der Waals surface area contributed by atoms with E-state index in [1.807, 2.05) is 4.90 Å². The second kappa shape index (κ2) is 9.18. The highest BCUT2D eigenvalue weighted by molar-refractivity contribution is 5.86. The van der Waals surface area contributed by atoms with E-state index in [1.165, 1.54) is 13.2 Å². The third-order valence-electron chi connectivity index (χ3n) is 4.47. The fraction of sp³-hybridized carbons (Fsp3) is 0.300. The molecule has 8 heteroatoms. The number of halogens is 1. The number of hydrogen-bond donors (Lipinski definition) is 1. The lowest BCUT2D eigenvalue weighted by Crippen LogP contribution is -2.48. The average molecular weight is 387 g/mol. The molecule has 0 radical (unpaired) electrons. The number of rotatable bonds is 4. The van der Waals surface area contributed by atoms with Crippen LogP contribution in [0.4, 0.5) is 19.7 Å². The predicted molar refractivity (Wildman–Crippen MR) is 102 cm³/mol. The van der Waals surface area contributed by atoms with Gasteiger partial charge in [-0.3, -0.25) is 10.2 Å². The Bertz CT molecular complexity index is 823. The average Bonchev–Trinajstić information content (AvgIpc) is 2.71. The highest BCUT2D eigenvalue weighted by Crippen LogP contribution is 2.21. The predicted octanol–water partition coefficient (Wildman–Crippen LogP) is 3.32. The Hall–Kier alpha value is -3.13. The van der Waals surface area contributed by atoms with Gasteiger partial charge in [-0.25, -0.2) is 14.0 Å². The molecule has 7 nitrogen and oxygen atoms in total. The van der Waals surface area contributed by atoms with Crippen LogP contribution in [-0.2, 0) is 11.3 Å². The van der Waals surface area contributed by atoms with E-state index in [-0.39, 0.29) is 11.8 Å². The molecule has 1 N–H and O–H groups in total. The number of piperazine rings is 1. The molecule has 0 spiro atoms. The van der Waals surface area contributed by atoms with Crippen molar-refractivity contribution in [2.24, 2.45) is 0 Å². The third kappa shape index (κ3) is 4.98. The summed E-state index contributed by atoms with van der Waals surface area (Å²) in [4.78, 5) is 27.2. The fourth-order valence-corrected chi connectivity index (χ4v) is 2.99. The minimum absolute atomic E-state index is 0.0617. The van der Waals surface area contributed by atoms with Crippen LogP contribution in [-0.4, -0.2) is 55.3 Å². The normalized spacial score (nSPS) is 14.4. The Kier molecular flexibility index (Phi) is 6.44. The summed E-state index contributed by atoms with van der Waals surface area (Å²) in [6.45, 7) is 2.65.